The number of rotatable bonds is 4. The van der Waals surface area contributed by atoms with E-state index < -0.39 is 12.3 Å². The molecule has 0 aliphatic rings. The predicted molar refractivity (Wildman–Crippen MR) is 94.8 cm³/mol. The maximum atomic E-state index is 11.0. The molecule has 26 heavy (non-hydrogen) atoms. The molecule has 7 nitrogen and oxygen atoms in total. The van der Waals surface area contributed by atoms with Crippen LogP contribution in [-0.4, -0.2) is 27.1 Å². The largest absolute Gasteiger partial charge is 0.512 e. The average molecular weight is 396 g/mol. The van der Waals surface area contributed by atoms with E-state index in [1.165, 1.54) is 18.2 Å². The molecule has 0 radical (unpaired) electrons. The summed E-state index contributed by atoms with van der Waals surface area (Å²) < 4.78 is 11.1. The molecule has 0 spiro atoms. The van der Waals surface area contributed by atoms with Crippen molar-refractivity contribution in [1.29, 1.82) is 0 Å². The van der Waals surface area contributed by atoms with E-state index in [-0.39, 0.29) is 18.2 Å². The predicted octanol–water partition coefficient (Wildman–Crippen LogP) is 5.11. The number of hydrogen-bond donors (Lipinski definition) is 2. The number of ether oxygens (including phenoxy) is 2. The fourth-order valence-corrected chi connectivity index (χ4v) is 2.87. The molecule has 2 aromatic carbocycles. The number of hydrogen-bond acceptors (Lipinski definition) is 4. The number of fused-ring (bicyclic) bond motifs is 1. The summed E-state index contributed by atoms with van der Waals surface area (Å²) in [4.78, 5) is 21.7. The lowest BCUT2D eigenvalue weighted by atomic mass is 10.2. The van der Waals surface area contributed by atoms with Gasteiger partial charge in [-0.1, -0.05) is 29.3 Å². The van der Waals surface area contributed by atoms with E-state index in [2.05, 4.69) is 4.74 Å². The van der Waals surface area contributed by atoms with Crippen LogP contribution < -0.4 is 9.47 Å². The van der Waals surface area contributed by atoms with E-state index >= 15 is 0 Å². The maximum Gasteiger partial charge on any atom is 0.512 e. The van der Waals surface area contributed by atoms with Crippen LogP contribution in [0.25, 0.3) is 10.9 Å². The van der Waals surface area contributed by atoms with Crippen molar-refractivity contribution in [3.63, 3.8) is 0 Å². The Balaban J connectivity index is 2.06. The molecule has 0 bridgehead atoms. The molecule has 0 fully saturated rings. The summed E-state index contributed by atoms with van der Waals surface area (Å²) in [5, 5.41) is 19.0. The third-order valence-electron chi connectivity index (χ3n) is 3.56. The first-order valence-corrected chi connectivity index (χ1v) is 7.98. The second kappa shape index (κ2) is 7.15. The van der Waals surface area contributed by atoms with Gasteiger partial charge >= 0.3 is 12.3 Å². The number of carboxylic acid groups (broad SMARTS) is 2. The fraction of sp³-hybridized carbons (Fsp3) is 0.0588. The highest BCUT2D eigenvalue weighted by atomic mass is 35.5. The van der Waals surface area contributed by atoms with Gasteiger partial charge in [-0.05, 0) is 35.9 Å². The molecule has 3 rings (SSSR count). The standard InChI is InChI=1S/C17H11Cl2NO6/c18-12-3-1-9(5-13(12)19)8-20-14-4-2-11(25-16(21)22)6-10(14)7-15(20)26-17(23)24/h1-7H,8H2,(H,21,22)(H,23,24). The molecule has 0 amide bonds. The van der Waals surface area contributed by atoms with Gasteiger partial charge in [0.1, 0.15) is 5.75 Å². The second-order valence-electron chi connectivity index (χ2n) is 5.27. The Morgan fingerprint density at radius 2 is 1.65 bits per heavy atom. The SMILES string of the molecule is O=C(O)Oc1ccc2c(c1)cc(OC(=O)O)n2Cc1ccc(Cl)c(Cl)c1. The molecule has 0 saturated heterocycles. The minimum absolute atomic E-state index is 0.0750. The van der Waals surface area contributed by atoms with Crippen molar-refractivity contribution >= 4 is 46.4 Å². The van der Waals surface area contributed by atoms with Gasteiger partial charge in [0.25, 0.3) is 0 Å². The van der Waals surface area contributed by atoms with E-state index in [1.807, 2.05) is 0 Å². The van der Waals surface area contributed by atoms with E-state index in [9.17, 15) is 9.59 Å². The molecule has 134 valence electrons. The lowest BCUT2D eigenvalue weighted by Gasteiger charge is -2.10. The van der Waals surface area contributed by atoms with Crippen LogP contribution in [0.2, 0.25) is 10.0 Å². The van der Waals surface area contributed by atoms with E-state index in [4.69, 9.17) is 38.2 Å². The van der Waals surface area contributed by atoms with Crippen LogP contribution in [0.1, 0.15) is 5.56 Å². The van der Waals surface area contributed by atoms with Crippen LogP contribution in [0, 0.1) is 0 Å². The van der Waals surface area contributed by atoms with Gasteiger partial charge in [-0.2, -0.15) is 0 Å². The molecule has 9 heteroatoms. The Kier molecular flexibility index (Phi) is 4.92. The van der Waals surface area contributed by atoms with Crippen LogP contribution >= 0.6 is 23.2 Å². The van der Waals surface area contributed by atoms with E-state index in [0.717, 1.165) is 5.56 Å². The Morgan fingerprint density at radius 1 is 0.923 bits per heavy atom. The highest BCUT2D eigenvalue weighted by molar-refractivity contribution is 6.42. The fourth-order valence-electron chi connectivity index (χ4n) is 2.55. The molecule has 3 aromatic rings. The highest BCUT2D eigenvalue weighted by Crippen LogP contribution is 2.31. The minimum Gasteiger partial charge on any atom is -0.449 e. The molecular weight excluding hydrogens is 385 g/mol. The number of nitrogens with zero attached hydrogens (tertiary/aromatic N) is 1. The van der Waals surface area contributed by atoms with Gasteiger partial charge in [-0.15, -0.1) is 0 Å². The Hall–Kier alpha value is -2.90. The average Bonchev–Trinajstić information content (AvgIpc) is 2.86. The molecule has 0 saturated carbocycles. The van der Waals surface area contributed by atoms with Gasteiger partial charge in [-0.3, -0.25) is 0 Å². The summed E-state index contributed by atoms with van der Waals surface area (Å²) >= 11 is 11.9. The molecule has 0 atom stereocenters. The number of halogens is 2. The van der Waals surface area contributed by atoms with Crippen LogP contribution in [0.3, 0.4) is 0 Å². The third-order valence-corrected chi connectivity index (χ3v) is 4.30. The zero-order chi connectivity index (χ0) is 18.8. The van der Waals surface area contributed by atoms with Crippen molar-refractivity contribution in [3.05, 3.63) is 58.1 Å². The summed E-state index contributed by atoms with van der Waals surface area (Å²) in [5.74, 6) is 0.185. The van der Waals surface area contributed by atoms with Gasteiger partial charge < -0.3 is 24.3 Å². The topological polar surface area (TPSA) is 98.0 Å². The minimum atomic E-state index is -1.47. The number of benzene rings is 2. The summed E-state index contributed by atoms with van der Waals surface area (Å²) in [5.41, 5.74) is 1.41. The summed E-state index contributed by atoms with van der Waals surface area (Å²) in [7, 11) is 0. The maximum absolute atomic E-state index is 11.0. The first kappa shape index (κ1) is 17.9. The molecule has 0 aliphatic heterocycles. The number of carbonyl (C=O) groups is 2. The lowest BCUT2D eigenvalue weighted by Crippen LogP contribution is -2.09. The molecule has 1 aromatic heterocycles. The second-order valence-corrected chi connectivity index (χ2v) is 6.09. The van der Waals surface area contributed by atoms with Crippen molar-refractivity contribution in [2.24, 2.45) is 0 Å². The molecule has 1 heterocycles. The first-order chi connectivity index (χ1) is 12.3. The zero-order valence-corrected chi connectivity index (χ0v) is 14.5. The molecule has 0 unspecified atom stereocenters. The monoisotopic (exact) mass is 395 g/mol. The summed E-state index contributed by atoms with van der Waals surface area (Å²) in [6.07, 6.45) is -2.91. The van der Waals surface area contributed by atoms with Crippen molar-refractivity contribution in [1.82, 2.24) is 4.57 Å². The van der Waals surface area contributed by atoms with E-state index in [1.54, 1.807) is 28.8 Å². The van der Waals surface area contributed by atoms with Gasteiger partial charge in [0.15, 0.2) is 0 Å². The Morgan fingerprint density at radius 3 is 2.31 bits per heavy atom. The van der Waals surface area contributed by atoms with Crippen molar-refractivity contribution in [2.75, 3.05) is 0 Å². The van der Waals surface area contributed by atoms with Gasteiger partial charge in [0.2, 0.25) is 5.88 Å². The first-order valence-electron chi connectivity index (χ1n) is 7.22. The molecular formula is C17H11Cl2NO6. The van der Waals surface area contributed by atoms with Crippen molar-refractivity contribution in [2.45, 2.75) is 6.54 Å². The van der Waals surface area contributed by atoms with Crippen LogP contribution in [0.15, 0.2) is 42.5 Å². The Labute approximate surface area is 156 Å². The zero-order valence-electron chi connectivity index (χ0n) is 13.0. The van der Waals surface area contributed by atoms with Crippen LogP contribution in [0.5, 0.6) is 11.6 Å². The smallest absolute Gasteiger partial charge is 0.449 e. The van der Waals surface area contributed by atoms with Crippen molar-refractivity contribution < 1.29 is 29.3 Å². The summed E-state index contributed by atoms with van der Waals surface area (Å²) in [6.45, 7) is 0.266. The molecule has 0 aliphatic carbocycles. The number of aromatic nitrogens is 1. The third kappa shape index (κ3) is 3.84. The van der Waals surface area contributed by atoms with Crippen LogP contribution in [-0.2, 0) is 6.54 Å². The van der Waals surface area contributed by atoms with Gasteiger partial charge in [0, 0.05) is 11.5 Å². The normalized spacial score (nSPS) is 10.7. The van der Waals surface area contributed by atoms with Gasteiger partial charge in [-0.25, -0.2) is 9.59 Å². The van der Waals surface area contributed by atoms with Crippen molar-refractivity contribution in [3.8, 4) is 11.6 Å². The van der Waals surface area contributed by atoms with Gasteiger partial charge in [0.05, 0.1) is 22.1 Å². The lowest BCUT2D eigenvalue weighted by molar-refractivity contribution is 0.140. The Bertz CT molecular complexity index is 1010. The van der Waals surface area contributed by atoms with E-state index in [0.29, 0.717) is 20.9 Å². The summed E-state index contributed by atoms with van der Waals surface area (Å²) in [6, 6.07) is 11.1. The highest BCUT2D eigenvalue weighted by Gasteiger charge is 2.15. The van der Waals surface area contributed by atoms with Crippen LogP contribution in [0.4, 0.5) is 9.59 Å². The molecule has 2 N–H and O–H groups in total. The quantitative estimate of drug-likeness (QED) is 0.470.